The molecule has 1 fully saturated rings. The van der Waals surface area contributed by atoms with Crippen molar-refractivity contribution in [2.75, 3.05) is 0 Å². The molecule has 5 heteroatoms. The zero-order valence-corrected chi connectivity index (χ0v) is 14.3. The van der Waals surface area contributed by atoms with E-state index < -0.39 is 11.7 Å². The normalized spacial score (nSPS) is 16.2. The summed E-state index contributed by atoms with van der Waals surface area (Å²) in [7, 11) is 0. The average molecular weight is 317 g/mol. The number of aliphatic imine (C=N–C) groups is 1. The van der Waals surface area contributed by atoms with Crippen molar-refractivity contribution in [3.05, 3.63) is 35.9 Å². The number of hydrazine groups is 1. The highest BCUT2D eigenvalue weighted by molar-refractivity contribution is 5.86. The van der Waals surface area contributed by atoms with Gasteiger partial charge in [-0.3, -0.25) is 10.4 Å². The van der Waals surface area contributed by atoms with Gasteiger partial charge in [0.15, 0.2) is 0 Å². The highest BCUT2D eigenvalue weighted by Gasteiger charge is 2.18. The second-order valence-electron chi connectivity index (χ2n) is 6.93. The van der Waals surface area contributed by atoms with Crippen LogP contribution in [0.4, 0.5) is 4.79 Å². The van der Waals surface area contributed by atoms with Crippen molar-refractivity contribution in [3.63, 3.8) is 0 Å². The predicted octanol–water partition coefficient (Wildman–Crippen LogP) is 3.60. The van der Waals surface area contributed by atoms with E-state index >= 15 is 0 Å². The Morgan fingerprint density at radius 3 is 2.43 bits per heavy atom. The first kappa shape index (κ1) is 17.3. The SMILES string of the molecule is CC(C)(C)OC(=O)NNC(Cc1ccccc1)=NC1CCCC1. The van der Waals surface area contributed by atoms with Gasteiger partial charge in [0.05, 0.1) is 6.04 Å². The fourth-order valence-electron chi connectivity index (χ4n) is 2.59. The molecule has 0 aromatic heterocycles. The molecule has 0 heterocycles. The fraction of sp³-hybridized carbons (Fsp3) is 0.556. The monoisotopic (exact) mass is 317 g/mol. The number of hydrogen-bond donors (Lipinski definition) is 2. The van der Waals surface area contributed by atoms with Gasteiger partial charge in [-0.1, -0.05) is 43.2 Å². The molecule has 1 aromatic rings. The average Bonchev–Trinajstić information content (AvgIpc) is 2.97. The van der Waals surface area contributed by atoms with Gasteiger partial charge in [-0.2, -0.15) is 0 Å². The van der Waals surface area contributed by atoms with Gasteiger partial charge in [-0.05, 0) is 39.2 Å². The minimum atomic E-state index is -0.520. The molecular formula is C18H27N3O2. The Balaban J connectivity index is 1.97. The molecule has 2 rings (SSSR count). The Labute approximate surface area is 138 Å². The summed E-state index contributed by atoms with van der Waals surface area (Å²) in [5.41, 5.74) is 6.17. The standard InChI is InChI=1S/C18H27N3O2/c1-18(2,3)23-17(22)21-20-16(19-15-11-7-8-12-15)13-14-9-5-4-6-10-14/h4-6,9-10,15H,7-8,11-13H2,1-3H3,(H,19,20)(H,21,22). The van der Waals surface area contributed by atoms with E-state index in [0.717, 1.165) is 24.2 Å². The minimum absolute atomic E-state index is 0.349. The molecule has 0 bridgehead atoms. The molecular weight excluding hydrogens is 290 g/mol. The van der Waals surface area contributed by atoms with E-state index in [1.54, 1.807) is 0 Å². The minimum Gasteiger partial charge on any atom is -0.443 e. The first-order valence-electron chi connectivity index (χ1n) is 8.28. The number of nitrogens with zero attached hydrogens (tertiary/aromatic N) is 1. The zero-order valence-electron chi connectivity index (χ0n) is 14.3. The Bertz CT molecular complexity index is 529. The lowest BCUT2D eigenvalue weighted by Gasteiger charge is -2.20. The molecule has 0 radical (unpaired) electrons. The molecule has 0 aliphatic heterocycles. The van der Waals surface area contributed by atoms with Gasteiger partial charge in [0.1, 0.15) is 11.4 Å². The summed E-state index contributed by atoms with van der Waals surface area (Å²) in [4.78, 5) is 16.6. The lowest BCUT2D eigenvalue weighted by Crippen LogP contribution is -2.45. The molecule has 0 atom stereocenters. The third-order valence-corrected chi connectivity index (χ3v) is 3.59. The highest BCUT2D eigenvalue weighted by Crippen LogP contribution is 2.21. The molecule has 1 aliphatic rings. The van der Waals surface area contributed by atoms with Crippen LogP contribution in [-0.2, 0) is 11.2 Å². The van der Waals surface area contributed by atoms with Crippen molar-refractivity contribution >= 4 is 11.9 Å². The number of amidine groups is 1. The van der Waals surface area contributed by atoms with Crippen molar-refractivity contribution in [1.29, 1.82) is 0 Å². The number of benzene rings is 1. The topological polar surface area (TPSA) is 62.7 Å². The molecule has 1 amide bonds. The number of nitrogens with one attached hydrogen (secondary N) is 2. The molecule has 0 spiro atoms. The summed E-state index contributed by atoms with van der Waals surface area (Å²) >= 11 is 0. The third-order valence-electron chi connectivity index (χ3n) is 3.59. The van der Waals surface area contributed by atoms with Gasteiger partial charge in [-0.15, -0.1) is 0 Å². The van der Waals surface area contributed by atoms with Gasteiger partial charge >= 0.3 is 6.09 Å². The Morgan fingerprint density at radius 1 is 1.17 bits per heavy atom. The maximum atomic E-state index is 11.8. The van der Waals surface area contributed by atoms with Gasteiger partial charge < -0.3 is 4.74 Å². The van der Waals surface area contributed by atoms with Gasteiger partial charge in [0, 0.05) is 6.42 Å². The van der Waals surface area contributed by atoms with Crippen molar-refractivity contribution < 1.29 is 9.53 Å². The molecule has 126 valence electrons. The molecule has 1 aliphatic carbocycles. The lowest BCUT2D eigenvalue weighted by atomic mass is 10.1. The van der Waals surface area contributed by atoms with Crippen LogP contribution >= 0.6 is 0 Å². The smallest absolute Gasteiger partial charge is 0.426 e. The first-order valence-corrected chi connectivity index (χ1v) is 8.28. The fourth-order valence-corrected chi connectivity index (χ4v) is 2.59. The summed E-state index contributed by atoms with van der Waals surface area (Å²) in [6.45, 7) is 5.51. The number of ether oxygens (including phenoxy) is 1. The second kappa shape index (κ2) is 7.99. The van der Waals surface area contributed by atoms with Crippen molar-refractivity contribution in [1.82, 2.24) is 10.9 Å². The summed E-state index contributed by atoms with van der Waals surface area (Å²) in [5.74, 6) is 0.772. The number of carbonyl (C=O) groups excluding carboxylic acids is 1. The van der Waals surface area contributed by atoms with E-state index in [-0.39, 0.29) is 0 Å². The molecule has 2 N–H and O–H groups in total. The summed E-state index contributed by atoms with van der Waals surface area (Å²) in [6.07, 6.45) is 4.86. The molecule has 0 saturated heterocycles. The third kappa shape index (κ3) is 6.72. The van der Waals surface area contributed by atoms with Crippen LogP contribution in [0.2, 0.25) is 0 Å². The summed E-state index contributed by atoms with van der Waals surface area (Å²) in [6, 6.07) is 10.5. The van der Waals surface area contributed by atoms with Crippen molar-refractivity contribution in [2.45, 2.75) is 64.5 Å². The molecule has 23 heavy (non-hydrogen) atoms. The van der Waals surface area contributed by atoms with Crippen molar-refractivity contribution in [2.24, 2.45) is 4.99 Å². The van der Waals surface area contributed by atoms with E-state index in [2.05, 4.69) is 23.0 Å². The lowest BCUT2D eigenvalue weighted by molar-refractivity contribution is 0.0512. The molecule has 5 nitrogen and oxygen atoms in total. The maximum absolute atomic E-state index is 11.8. The summed E-state index contributed by atoms with van der Waals surface area (Å²) in [5, 5.41) is 0. The van der Waals surface area contributed by atoms with E-state index in [9.17, 15) is 4.79 Å². The predicted molar refractivity (Wildman–Crippen MR) is 92.3 cm³/mol. The van der Waals surface area contributed by atoms with Gasteiger partial charge in [0.2, 0.25) is 0 Å². The van der Waals surface area contributed by atoms with Crippen LogP contribution in [0.5, 0.6) is 0 Å². The Kier molecular flexibility index (Phi) is 6.02. The largest absolute Gasteiger partial charge is 0.443 e. The van der Waals surface area contributed by atoms with E-state index in [1.807, 2.05) is 39.0 Å². The van der Waals surface area contributed by atoms with Crippen LogP contribution < -0.4 is 10.9 Å². The summed E-state index contributed by atoms with van der Waals surface area (Å²) < 4.78 is 5.24. The number of rotatable bonds is 3. The van der Waals surface area contributed by atoms with Crippen LogP contribution in [-0.4, -0.2) is 23.6 Å². The quantitative estimate of drug-likeness (QED) is 0.509. The number of amides is 1. The van der Waals surface area contributed by atoms with E-state index in [0.29, 0.717) is 12.5 Å². The van der Waals surface area contributed by atoms with Crippen molar-refractivity contribution in [3.8, 4) is 0 Å². The highest BCUT2D eigenvalue weighted by atomic mass is 16.6. The van der Waals surface area contributed by atoms with Crippen LogP contribution in [0.25, 0.3) is 0 Å². The van der Waals surface area contributed by atoms with Gasteiger partial charge in [0.25, 0.3) is 0 Å². The molecule has 1 saturated carbocycles. The van der Waals surface area contributed by atoms with Crippen LogP contribution in [0, 0.1) is 0 Å². The maximum Gasteiger partial charge on any atom is 0.426 e. The molecule has 1 aromatic carbocycles. The van der Waals surface area contributed by atoms with Crippen LogP contribution in [0.1, 0.15) is 52.0 Å². The molecule has 0 unspecified atom stereocenters. The Hall–Kier alpha value is -2.04. The Morgan fingerprint density at radius 2 is 1.83 bits per heavy atom. The van der Waals surface area contributed by atoms with Crippen LogP contribution in [0.15, 0.2) is 35.3 Å². The zero-order chi connectivity index (χ0) is 16.7. The van der Waals surface area contributed by atoms with Gasteiger partial charge in [-0.25, -0.2) is 10.2 Å². The number of hydrogen-bond acceptors (Lipinski definition) is 3. The van der Waals surface area contributed by atoms with E-state index in [4.69, 9.17) is 9.73 Å². The first-order chi connectivity index (χ1) is 10.9. The number of carbonyl (C=O) groups is 1. The second-order valence-corrected chi connectivity index (χ2v) is 6.93. The van der Waals surface area contributed by atoms with E-state index in [1.165, 1.54) is 12.8 Å². The van der Waals surface area contributed by atoms with Crippen LogP contribution in [0.3, 0.4) is 0 Å².